The molecule has 1 aromatic carbocycles. The van der Waals surface area contributed by atoms with Gasteiger partial charge in [-0.05, 0) is 17.7 Å². The van der Waals surface area contributed by atoms with Gasteiger partial charge in [-0.2, -0.15) is 0 Å². The highest BCUT2D eigenvalue weighted by atomic mass is 19.1. The predicted octanol–water partition coefficient (Wildman–Crippen LogP) is 1.46. The fourth-order valence-electron chi connectivity index (χ4n) is 1.72. The molecule has 1 aliphatic heterocycles. The number of carbonyl (C=O) groups excluding carboxylic acids is 1. The van der Waals surface area contributed by atoms with Crippen molar-refractivity contribution in [2.75, 3.05) is 13.1 Å². The Labute approximate surface area is 82.3 Å². The normalized spacial score (nSPS) is 17.8. The Hall–Kier alpha value is -1.22. The Morgan fingerprint density at radius 2 is 2.29 bits per heavy atom. The molecule has 0 amide bonds. The Balaban J connectivity index is 1.90. The predicted molar refractivity (Wildman–Crippen MR) is 51.2 cm³/mol. The lowest BCUT2D eigenvalue weighted by atomic mass is 10.0. The number of hydrogen-bond donors (Lipinski definition) is 0. The van der Waals surface area contributed by atoms with Gasteiger partial charge < -0.3 is 4.79 Å². The van der Waals surface area contributed by atoms with Crippen molar-refractivity contribution in [3.63, 3.8) is 0 Å². The monoisotopic (exact) mass is 193 g/mol. The van der Waals surface area contributed by atoms with Crippen LogP contribution in [0, 0.1) is 11.7 Å². The number of likely N-dealkylation sites (tertiary alicyclic amines) is 1. The van der Waals surface area contributed by atoms with E-state index in [4.69, 9.17) is 0 Å². The summed E-state index contributed by atoms with van der Waals surface area (Å²) in [6, 6.07) is 6.58. The van der Waals surface area contributed by atoms with Crippen molar-refractivity contribution in [1.29, 1.82) is 0 Å². The standard InChI is InChI=1S/C11H12FNO/c12-11-3-1-2-9(4-11)5-13-6-10(7-13)8-14/h1-4,8,10H,5-7H2. The van der Waals surface area contributed by atoms with E-state index in [1.54, 1.807) is 6.07 Å². The van der Waals surface area contributed by atoms with Gasteiger partial charge in [-0.1, -0.05) is 12.1 Å². The summed E-state index contributed by atoms with van der Waals surface area (Å²) in [5, 5.41) is 0. The molecule has 1 heterocycles. The van der Waals surface area contributed by atoms with Crippen LogP contribution in [0.15, 0.2) is 24.3 Å². The maximum atomic E-state index is 12.8. The highest BCUT2D eigenvalue weighted by molar-refractivity contribution is 5.55. The molecule has 1 aromatic rings. The van der Waals surface area contributed by atoms with Crippen LogP contribution in [0.3, 0.4) is 0 Å². The minimum atomic E-state index is -0.199. The first-order chi connectivity index (χ1) is 6.78. The van der Waals surface area contributed by atoms with Gasteiger partial charge in [0.2, 0.25) is 0 Å². The van der Waals surface area contributed by atoms with E-state index >= 15 is 0 Å². The van der Waals surface area contributed by atoms with E-state index in [2.05, 4.69) is 4.90 Å². The van der Waals surface area contributed by atoms with Crippen LogP contribution in [-0.4, -0.2) is 24.3 Å². The summed E-state index contributed by atoms with van der Waals surface area (Å²) in [5.41, 5.74) is 0.967. The molecule has 14 heavy (non-hydrogen) atoms. The Morgan fingerprint density at radius 3 is 2.93 bits per heavy atom. The van der Waals surface area contributed by atoms with Crippen LogP contribution < -0.4 is 0 Å². The van der Waals surface area contributed by atoms with Gasteiger partial charge in [-0.3, -0.25) is 4.90 Å². The molecule has 0 N–H and O–H groups in total. The minimum absolute atomic E-state index is 0.184. The molecule has 1 saturated heterocycles. The van der Waals surface area contributed by atoms with Gasteiger partial charge in [0.25, 0.3) is 0 Å². The average molecular weight is 193 g/mol. The number of hydrogen-bond acceptors (Lipinski definition) is 2. The number of nitrogens with zero attached hydrogens (tertiary/aromatic N) is 1. The number of carbonyl (C=O) groups is 1. The molecule has 0 radical (unpaired) electrons. The first-order valence-corrected chi connectivity index (χ1v) is 4.70. The summed E-state index contributed by atoms with van der Waals surface area (Å²) in [7, 11) is 0. The molecule has 0 aromatic heterocycles. The molecule has 2 nitrogen and oxygen atoms in total. The topological polar surface area (TPSA) is 20.3 Å². The second kappa shape index (κ2) is 3.88. The molecule has 1 aliphatic rings. The SMILES string of the molecule is O=CC1CN(Cc2cccc(F)c2)C1. The van der Waals surface area contributed by atoms with Crippen LogP contribution in [0.4, 0.5) is 4.39 Å². The molecule has 0 saturated carbocycles. The van der Waals surface area contributed by atoms with E-state index in [9.17, 15) is 9.18 Å². The fourth-order valence-corrected chi connectivity index (χ4v) is 1.72. The summed E-state index contributed by atoms with van der Waals surface area (Å²) < 4.78 is 12.8. The largest absolute Gasteiger partial charge is 0.303 e. The second-order valence-electron chi connectivity index (χ2n) is 3.72. The van der Waals surface area contributed by atoms with E-state index in [-0.39, 0.29) is 11.7 Å². The van der Waals surface area contributed by atoms with Crippen LogP contribution in [0.1, 0.15) is 5.56 Å². The Kier molecular flexibility index (Phi) is 2.59. The molecule has 0 atom stereocenters. The van der Waals surface area contributed by atoms with Gasteiger partial charge in [-0.25, -0.2) is 4.39 Å². The molecule has 3 heteroatoms. The first kappa shape index (κ1) is 9.34. The molecular formula is C11H12FNO. The minimum Gasteiger partial charge on any atom is -0.303 e. The van der Waals surface area contributed by atoms with E-state index in [0.29, 0.717) is 0 Å². The highest BCUT2D eigenvalue weighted by Crippen LogP contribution is 2.16. The lowest BCUT2D eigenvalue weighted by Crippen LogP contribution is -2.46. The molecular weight excluding hydrogens is 181 g/mol. The molecule has 0 aliphatic carbocycles. The van der Waals surface area contributed by atoms with Gasteiger partial charge in [-0.15, -0.1) is 0 Å². The first-order valence-electron chi connectivity index (χ1n) is 4.70. The summed E-state index contributed by atoms with van der Waals surface area (Å²) in [6.45, 7) is 2.35. The van der Waals surface area contributed by atoms with Crippen molar-refractivity contribution in [2.45, 2.75) is 6.54 Å². The smallest absolute Gasteiger partial charge is 0.125 e. The van der Waals surface area contributed by atoms with E-state index in [0.717, 1.165) is 31.5 Å². The third-order valence-corrected chi connectivity index (χ3v) is 2.47. The maximum absolute atomic E-state index is 12.8. The molecule has 0 unspecified atom stereocenters. The van der Waals surface area contributed by atoms with E-state index in [1.807, 2.05) is 6.07 Å². The third-order valence-electron chi connectivity index (χ3n) is 2.47. The lowest BCUT2D eigenvalue weighted by Gasteiger charge is -2.36. The van der Waals surface area contributed by atoms with Crippen molar-refractivity contribution in [3.8, 4) is 0 Å². The van der Waals surface area contributed by atoms with E-state index < -0.39 is 0 Å². The Bertz CT molecular complexity index is 334. The van der Waals surface area contributed by atoms with Crippen molar-refractivity contribution < 1.29 is 9.18 Å². The summed E-state index contributed by atoms with van der Waals surface area (Å²) in [6.07, 6.45) is 0.988. The highest BCUT2D eigenvalue weighted by Gasteiger charge is 2.25. The maximum Gasteiger partial charge on any atom is 0.125 e. The zero-order valence-electron chi connectivity index (χ0n) is 7.82. The molecule has 0 bridgehead atoms. The van der Waals surface area contributed by atoms with Crippen LogP contribution in [-0.2, 0) is 11.3 Å². The van der Waals surface area contributed by atoms with Gasteiger partial charge in [0, 0.05) is 25.6 Å². The van der Waals surface area contributed by atoms with Crippen LogP contribution in [0.2, 0.25) is 0 Å². The van der Waals surface area contributed by atoms with Crippen molar-refractivity contribution in [3.05, 3.63) is 35.6 Å². The summed E-state index contributed by atoms with van der Waals surface area (Å²) in [5.74, 6) is -0.0153. The average Bonchev–Trinajstić information content (AvgIpc) is 2.10. The number of halogens is 1. The van der Waals surface area contributed by atoms with Crippen molar-refractivity contribution >= 4 is 6.29 Å². The number of aldehydes is 1. The van der Waals surface area contributed by atoms with Gasteiger partial charge in [0.05, 0.1) is 0 Å². The summed E-state index contributed by atoms with van der Waals surface area (Å²) >= 11 is 0. The third kappa shape index (κ3) is 1.99. The zero-order valence-corrected chi connectivity index (χ0v) is 7.82. The molecule has 2 rings (SSSR count). The van der Waals surface area contributed by atoms with Crippen molar-refractivity contribution in [2.24, 2.45) is 5.92 Å². The summed E-state index contributed by atoms with van der Waals surface area (Å²) in [4.78, 5) is 12.5. The quantitative estimate of drug-likeness (QED) is 0.677. The van der Waals surface area contributed by atoms with Crippen molar-refractivity contribution in [1.82, 2.24) is 4.90 Å². The van der Waals surface area contributed by atoms with Crippen LogP contribution in [0.25, 0.3) is 0 Å². The zero-order chi connectivity index (χ0) is 9.97. The molecule has 1 fully saturated rings. The molecule has 74 valence electrons. The van der Waals surface area contributed by atoms with Gasteiger partial charge >= 0.3 is 0 Å². The number of benzene rings is 1. The van der Waals surface area contributed by atoms with Crippen LogP contribution >= 0.6 is 0 Å². The van der Waals surface area contributed by atoms with Gasteiger partial charge in [0.1, 0.15) is 12.1 Å². The molecule has 0 spiro atoms. The fraction of sp³-hybridized carbons (Fsp3) is 0.364. The Morgan fingerprint density at radius 1 is 1.50 bits per heavy atom. The number of rotatable bonds is 3. The second-order valence-corrected chi connectivity index (χ2v) is 3.72. The lowest BCUT2D eigenvalue weighted by molar-refractivity contribution is -0.115. The van der Waals surface area contributed by atoms with Gasteiger partial charge in [0.15, 0.2) is 0 Å². The van der Waals surface area contributed by atoms with E-state index in [1.165, 1.54) is 12.1 Å². The van der Waals surface area contributed by atoms with Crippen LogP contribution in [0.5, 0.6) is 0 Å².